The van der Waals surface area contributed by atoms with Crippen molar-refractivity contribution in [3.05, 3.63) is 0 Å². The Morgan fingerprint density at radius 1 is 1.39 bits per heavy atom. The third-order valence-electron chi connectivity index (χ3n) is 2.99. The summed E-state index contributed by atoms with van der Waals surface area (Å²) in [5.74, 6) is -1.91. The van der Waals surface area contributed by atoms with Crippen molar-refractivity contribution in [1.82, 2.24) is 4.72 Å². The van der Waals surface area contributed by atoms with Gasteiger partial charge >= 0.3 is 11.9 Å². The lowest BCUT2D eigenvalue weighted by Crippen LogP contribution is -2.59. The van der Waals surface area contributed by atoms with Gasteiger partial charge in [-0.25, -0.2) is 8.42 Å². The molecule has 0 bridgehead atoms. The van der Waals surface area contributed by atoms with Gasteiger partial charge in [0.25, 0.3) is 0 Å². The monoisotopic (exact) mass is 279 g/mol. The number of sulfonamides is 1. The van der Waals surface area contributed by atoms with Crippen molar-refractivity contribution in [2.45, 2.75) is 37.6 Å². The molecular formula is C10H17NO6S. The van der Waals surface area contributed by atoms with Crippen LogP contribution in [-0.4, -0.2) is 43.9 Å². The van der Waals surface area contributed by atoms with Crippen LogP contribution in [-0.2, 0) is 24.3 Å². The molecule has 0 unspecified atom stereocenters. The Bertz CT molecular complexity index is 426. The highest BCUT2D eigenvalue weighted by Gasteiger charge is 2.47. The zero-order valence-electron chi connectivity index (χ0n) is 10.1. The highest BCUT2D eigenvalue weighted by Crippen LogP contribution is 2.32. The minimum Gasteiger partial charge on any atom is -0.480 e. The van der Waals surface area contributed by atoms with Crippen LogP contribution in [0.25, 0.3) is 0 Å². The molecule has 0 aromatic heterocycles. The zero-order valence-corrected chi connectivity index (χ0v) is 11.0. The van der Waals surface area contributed by atoms with E-state index in [-0.39, 0.29) is 18.6 Å². The van der Waals surface area contributed by atoms with E-state index < -0.39 is 27.5 Å². The summed E-state index contributed by atoms with van der Waals surface area (Å²) in [5.41, 5.74) is -1.34. The van der Waals surface area contributed by atoms with E-state index in [1.807, 2.05) is 0 Å². The molecule has 0 atom stereocenters. The molecule has 1 aliphatic carbocycles. The minimum absolute atomic E-state index is 0.00250. The molecule has 1 saturated carbocycles. The minimum atomic E-state index is -3.69. The standard InChI is InChI=1S/C10H17NO6S/c1-17-8(12)4-2-7-18(15,16)11-10(9(13)14)5-3-6-10/h11H,2-7H2,1H3,(H,13,14). The summed E-state index contributed by atoms with van der Waals surface area (Å²) < 4.78 is 30.0. The SMILES string of the molecule is COC(=O)CCCS(=O)(=O)NC1(C(=O)O)CCC1. The van der Waals surface area contributed by atoms with E-state index >= 15 is 0 Å². The van der Waals surface area contributed by atoms with Gasteiger partial charge < -0.3 is 9.84 Å². The van der Waals surface area contributed by atoms with Crippen LogP contribution in [0.1, 0.15) is 32.1 Å². The van der Waals surface area contributed by atoms with Crippen molar-refractivity contribution in [3.8, 4) is 0 Å². The molecule has 0 spiro atoms. The van der Waals surface area contributed by atoms with Gasteiger partial charge in [0.1, 0.15) is 5.54 Å². The van der Waals surface area contributed by atoms with Crippen LogP contribution in [0, 0.1) is 0 Å². The molecule has 2 N–H and O–H groups in total. The molecule has 0 heterocycles. The van der Waals surface area contributed by atoms with Crippen molar-refractivity contribution >= 4 is 22.0 Å². The normalized spacial score (nSPS) is 17.8. The summed E-state index contributed by atoms with van der Waals surface area (Å²) in [7, 11) is -2.46. The number of ether oxygens (including phenoxy) is 1. The number of carboxylic acids is 1. The van der Waals surface area contributed by atoms with E-state index in [4.69, 9.17) is 5.11 Å². The summed E-state index contributed by atoms with van der Waals surface area (Å²) in [6.45, 7) is 0. The number of carboxylic acid groups (broad SMARTS) is 1. The third-order valence-corrected chi connectivity index (χ3v) is 4.52. The molecule has 8 heteroatoms. The summed E-state index contributed by atoms with van der Waals surface area (Å²) in [6, 6.07) is 0. The Balaban J connectivity index is 2.49. The van der Waals surface area contributed by atoms with Gasteiger partial charge in [0, 0.05) is 6.42 Å². The summed E-state index contributed by atoms with van der Waals surface area (Å²) >= 11 is 0. The molecule has 0 aromatic rings. The molecule has 18 heavy (non-hydrogen) atoms. The fourth-order valence-corrected chi connectivity index (χ4v) is 3.26. The molecule has 1 rings (SSSR count). The fourth-order valence-electron chi connectivity index (χ4n) is 1.75. The van der Waals surface area contributed by atoms with E-state index in [0.717, 1.165) is 0 Å². The number of methoxy groups -OCH3 is 1. The second-order valence-corrected chi connectivity index (χ2v) is 6.18. The maximum Gasteiger partial charge on any atom is 0.324 e. The first-order valence-corrected chi connectivity index (χ1v) is 7.28. The van der Waals surface area contributed by atoms with Crippen molar-refractivity contribution in [3.63, 3.8) is 0 Å². The Morgan fingerprint density at radius 2 is 2.00 bits per heavy atom. The molecular weight excluding hydrogens is 262 g/mol. The predicted molar refractivity (Wildman–Crippen MR) is 62.4 cm³/mol. The van der Waals surface area contributed by atoms with Gasteiger partial charge in [-0.2, -0.15) is 4.72 Å². The summed E-state index contributed by atoms with van der Waals surface area (Å²) in [6.07, 6.45) is 1.41. The van der Waals surface area contributed by atoms with E-state index in [2.05, 4.69) is 9.46 Å². The predicted octanol–water partition coefficient (Wildman–Crippen LogP) is -0.134. The number of aliphatic carboxylic acids is 1. The average Bonchev–Trinajstić information content (AvgIpc) is 2.22. The summed E-state index contributed by atoms with van der Waals surface area (Å²) in [4.78, 5) is 21.8. The van der Waals surface area contributed by atoms with Crippen LogP contribution in [0.15, 0.2) is 0 Å². The Hall–Kier alpha value is -1.15. The van der Waals surface area contributed by atoms with Crippen LogP contribution >= 0.6 is 0 Å². The topological polar surface area (TPSA) is 110 Å². The van der Waals surface area contributed by atoms with Crippen LogP contribution < -0.4 is 4.72 Å². The van der Waals surface area contributed by atoms with Crippen molar-refractivity contribution < 1.29 is 27.9 Å². The average molecular weight is 279 g/mol. The third kappa shape index (κ3) is 3.67. The van der Waals surface area contributed by atoms with Crippen molar-refractivity contribution in [2.24, 2.45) is 0 Å². The molecule has 7 nitrogen and oxygen atoms in total. The first-order chi connectivity index (χ1) is 8.31. The van der Waals surface area contributed by atoms with Crippen molar-refractivity contribution in [2.75, 3.05) is 12.9 Å². The molecule has 1 aliphatic rings. The molecule has 0 aromatic carbocycles. The van der Waals surface area contributed by atoms with E-state index in [1.165, 1.54) is 7.11 Å². The van der Waals surface area contributed by atoms with Gasteiger partial charge in [0.15, 0.2) is 0 Å². The lowest BCUT2D eigenvalue weighted by molar-refractivity contribution is -0.147. The van der Waals surface area contributed by atoms with Crippen molar-refractivity contribution in [1.29, 1.82) is 0 Å². The molecule has 0 saturated heterocycles. The Morgan fingerprint density at radius 3 is 2.39 bits per heavy atom. The second-order valence-electron chi connectivity index (χ2n) is 4.34. The Kier molecular flexibility index (Phi) is 4.69. The molecule has 0 aliphatic heterocycles. The van der Waals surface area contributed by atoms with E-state index in [0.29, 0.717) is 19.3 Å². The van der Waals surface area contributed by atoms with Gasteiger partial charge in [-0.1, -0.05) is 0 Å². The van der Waals surface area contributed by atoms with Crippen LogP contribution in [0.4, 0.5) is 0 Å². The van der Waals surface area contributed by atoms with Gasteiger partial charge in [0.05, 0.1) is 12.9 Å². The molecule has 1 fully saturated rings. The second kappa shape index (κ2) is 5.66. The number of nitrogens with one attached hydrogen (secondary N) is 1. The maximum absolute atomic E-state index is 11.7. The van der Waals surface area contributed by atoms with Crippen LogP contribution in [0.3, 0.4) is 0 Å². The highest BCUT2D eigenvalue weighted by atomic mass is 32.2. The van der Waals surface area contributed by atoms with Gasteiger partial charge in [0.2, 0.25) is 10.0 Å². The van der Waals surface area contributed by atoms with Crippen LogP contribution in [0.5, 0.6) is 0 Å². The number of esters is 1. The number of rotatable bonds is 7. The quantitative estimate of drug-likeness (QED) is 0.628. The highest BCUT2D eigenvalue weighted by molar-refractivity contribution is 7.89. The molecule has 104 valence electrons. The van der Waals surface area contributed by atoms with E-state index in [9.17, 15) is 18.0 Å². The largest absolute Gasteiger partial charge is 0.480 e. The lowest BCUT2D eigenvalue weighted by atomic mass is 9.78. The number of hydrogen-bond acceptors (Lipinski definition) is 5. The number of carbonyl (C=O) groups excluding carboxylic acids is 1. The maximum atomic E-state index is 11.7. The molecule has 0 amide bonds. The zero-order chi connectivity index (χ0) is 13.8. The first-order valence-electron chi connectivity index (χ1n) is 5.63. The fraction of sp³-hybridized carbons (Fsp3) is 0.800. The van der Waals surface area contributed by atoms with Gasteiger partial charge in [-0.15, -0.1) is 0 Å². The smallest absolute Gasteiger partial charge is 0.324 e. The lowest BCUT2D eigenvalue weighted by Gasteiger charge is -2.37. The number of hydrogen-bond donors (Lipinski definition) is 2. The number of carbonyl (C=O) groups is 2. The Labute approximate surface area is 106 Å². The summed E-state index contributed by atoms with van der Waals surface area (Å²) in [5, 5.41) is 9.00. The van der Waals surface area contributed by atoms with E-state index in [1.54, 1.807) is 0 Å². The van der Waals surface area contributed by atoms with Gasteiger partial charge in [-0.3, -0.25) is 9.59 Å². The van der Waals surface area contributed by atoms with Crippen LogP contribution in [0.2, 0.25) is 0 Å². The van der Waals surface area contributed by atoms with Gasteiger partial charge in [-0.05, 0) is 25.7 Å². The molecule has 0 radical (unpaired) electrons. The first kappa shape index (κ1) is 14.9.